The van der Waals surface area contributed by atoms with E-state index < -0.39 is 0 Å². The van der Waals surface area contributed by atoms with Crippen molar-refractivity contribution in [3.8, 4) is 45.3 Å². The van der Waals surface area contributed by atoms with Gasteiger partial charge >= 0.3 is 0 Å². The molecule has 0 aliphatic rings. The number of nitrogens with one attached hydrogen (secondary N) is 2. The first kappa shape index (κ1) is 28.3. The number of H-pyrrole nitrogens is 2. The molecule has 0 unspecified atom stereocenters. The first-order valence-corrected chi connectivity index (χ1v) is 14.1. The summed E-state index contributed by atoms with van der Waals surface area (Å²) in [5, 5.41) is 8.65. The van der Waals surface area contributed by atoms with Crippen molar-refractivity contribution < 1.29 is 13.9 Å². The molecule has 6 aromatic rings. The molecule has 220 valence electrons. The largest absolute Gasteiger partial charge is 0.492 e. The summed E-state index contributed by atoms with van der Waals surface area (Å²) in [7, 11) is 7.96. The number of likely N-dealkylation sites (N-methyl/N-ethyl adjacent to an activating group) is 2. The molecule has 0 aliphatic heterocycles. The Hall–Kier alpha value is -4.80. The van der Waals surface area contributed by atoms with Crippen molar-refractivity contribution in [3.05, 3.63) is 78.9 Å². The van der Waals surface area contributed by atoms with Gasteiger partial charge in [-0.25, -0.2) is 9.37 Å². The Bertz CT molecular complexity index is 1880. The summed E-state index contributed by atoms with van der Waals surface area (Å²) < 4.78 is 26.4. The zero-order valence-electron chi connectivity index (χ0n) is 24.7. The van der Waals surface area contributed by atoms with Gasteiger partial charge in [-0.1, -0.05) is 12.1 Å². The molecule has 0 aliphatic carbocycles. The first-order valence-electron chi connectivity index (χ1n) is 14.1. The number of ether oxygens (including phenoxy) is 2. The summed E-state index contributed by atoms with van der Waals surface area (Å²) in [6, 6.07) is 18.7. The van der Waals surface area contributed by atoms with Crippen molar-refractivity contribution in [2.45, 2.75) is 0 Å². The van der Waals surface area contributed by atoms with E-state index in [1.165, 1.54) is 12.1 Å². The third kappa shape index (κ3) is 6.35. The SMILES string of the molecule is CN(C)CCOc1cncc(-c2ccc3[nH]nc(-c4cc5c(-c6cc(F)cc(OCCN(C)C)c6)cccc5[nH]4)c3n2)c1. The van der Waals surface area contributed by atoms with Crippen LogP contribution < -0.4 is 9.47 Å². The van der Waals surface area contributed by atoms with Crippen LogP contribution in [0.15, 0.2) is 73.1 Å². The fourth-order valence-corrected chi connectivity index (χ4v) is 4.91. The van der Waals surface area contributed by atoms with Crippen LogP contribution in [0.2, 0.25) is 0 Å². The summed E-state index contributed by atoms with van der Waals surface area (Å²) in [5.41, 5.74) is 7.19. The van der Waals surface area contributed by atoms with Crippen LogP contribution in [0.3, 0.4) is 0 Å². The summed E-state index contributed by atoms with van der Waals surface area (Å²) in [4.78, 5) is 16.9. The molecule has 2 N–H and O–H groups in total. The number of halogens is 1. The summed E-state index contributed by atoms with van der Waals surface area (Å²) >= 11 is 0. The van der Waals surface area contributed by atoms with Gasteiger partial charge in [0.2, 0.25) is 0 Å². The van der Waals surface area contributed by atoms with E-state index in [4.69, 9.17) is 14.5 Å². The van der Waals surface area contributed by atoms with E-state index in [0.29, 0.717) is 30.4 Å². The molecule has 6 rings (SSSR count). The van der Waals surface area contributed by atoms with Crippen molar-refractivity contribution in [2.24, 2.45) is 0 Å². The highest BCUT2D eigenvalue weighted by Gasteiger charge is 2.16. The lowest BCUT2D eigenvalue weighted by molar-refractivity contribution is 0.260. The minimum atomic E-state index is -0.346. The predicted octanol–water partition coefficient (Wildman–Crippen LogP) is 5.86. The third-order valence-electron chi connectivity index (χ3n) is 7.13. The molecule has 9 nitrogen and oxygen atoms in total. The van der Waals surface area contributed by atoms with Gasteiger partial charge < -0.3 is 24.3 Å². The highest BCUT2D eigenvalue weighted by molar-refractivity contribution is 6.00. The Morgan fingerprint density at radius 2 is 1.56 bits per heavy atom. The third-order valence-corrected chi connectivity index (χ3v) is 7.13. The minimum Gasteiger partial charge on any atom is -0.492 e. The fraction of sp³-hybridized carbons (Fsp3) is 0.242. The number of nitrogens with zero attached hydrogens (tertiary/aromatic N) is 5. The molecule has 0 amide bonds. The molecular formula is C33H34FN7O2. The van der Waals surface area contributed by atoms with Gasteiger partial charge in [0, 0.05) is 41.8 Å². The van der Waals surface area contributed by atoms with Gasteiger partial charge in [0.05, 0.1) is 23.1 Å². The van der Waals surface area contributed by atoms with E-state index in [1.807, 2.05) is 81.6 Å². The molecule has 0 bridgehead atoms. The molecule has 0 radical (unpaired) electrons. The predicted molar refractivity (Wildman–Crippen MR) is 168 cm³/mol. The summed E-state index contributed by atoms with van der Waals surface area (Å²) in [6.07, 6.45) is 3.49. The second kappa shape index (κ2) is 12.2. The van der Waals surface area contributed by atoms with Crippen molar-refractivity contribution in [3.63, 3.8) is 0 Å². The topological polar surface area (TPSA) is 95.2 Å². The van der Waals surface area contributed by atoms with Gasteiger partial charge in [0.15, 0.2) is 0 Å². The maximum absolute atomic E-state index is 14.7. The van der Waals surface area contributed by atoms with Crippen LogP contribution in [0.4, 0.5) is 4.39 Å². The Morgan fingerprint density at radius 3 is 2.35 bits per heavy atom. The van der Waals surface area contributed by atoms with E-state index in [2.05, 4.69) is 25.1 Å². The van der Waals surface area contributed by atoms with Gasteiger partial charge in [0.1, 0.15) is 41.7 Å². The lowest BCUT2D eigenvalue weighted by Crippen LogP contribution is -2.19. The van der Waals surface area contributed by atoms with Crippen LogP contribution in [0.25, 0.3) is 55.7 Å². The van der Waals surface area contributed by atoms with Gasteiger partial charge in [-0.05, 0) is 81.8 Å². The zero-order valence-corrected chi connectivity index (χ0v) is 24.7. The Labute approximate surface area is 249 Å². The maximum atomic E-state index is 14.7. The van der Waals surface area contributed by atoms with E-state index in [-0.39, 0.29) is 5.82 Å². The van der Waals surface area contributed by atoms with Crippen LogP contribution in [0, 0.1) is 5.82 Å². The van der Waals surface area contributed by atoms with E-state index >= 15 is 0 Å². The van der Waals surface area contributed by atoms with E-state index in [1.54, 1.807) is 12.4 Å². The smallest absolute Gasteiger partial charge is 0.138 e. The van der Waals surface area contributed by atoms with Crippen molar-refractivity contribution in [2.75, 3.05) is 54.5 Å². The van der Waals surface area contributed by atoms with Crippen molar-refractivity contribution >= 4 is 21.9 Å². The van der Waals surface area contributed by atoms with Crippen LogP contribution in [-0.2, 0) is 0 Å². The van der Waals surface area contributed by atoms with Gasteiger partial charge in [-0.3, -0.25) is 10.1 Å². The number of hydrogen-bond donors (Lipinski definition) is 2. The quantitative estimate of drug-likeness (QED) is 0.199. The van der Waals surface area contributed by atoms with Crippen LogP contribution in [0.1, 0.15) is 0 Å². The van der Waals surface area contributed by atoms with Crippen LogP contribution in [-0.4, -0.2) is 89.4 Å². The highest BCUT2D eigenvalue weighted by Crippen LogP contribution is 2.36. The molecule has 10 heteroatoms. The normalized spacial score (nSPS) is 11.7. The molecule has 0 fully saturated rings. The van der Waals surface area contributed by atoms with E-state index in [9.17, 15) is 4.39 Å². The molecule has 4 heterocycles. The molecule has 0 saturated carbocycles. The average Bonchev–Trinajstić information content (AvgIpc) is 3.60. The maximum Gasteiger partial charge on any atom is 0.138 e. The van der Waals surface area contributed by atoms with E-state index in [0.717, 1.165) is 63.1 Å². The number of pyridine rings is 2. The Morgan fingerprint density at radius 1 is 0.791 bits per heavy atom. The summed E-state index contributed by atoms with van der Waals surface area (Å²) in [6.45, 7) is 2.59. The first-order chi connectivity index (χ1) is 20.8. The highest BCUT2D eigenvalue weighted by atomic mass is 19.1. The second-order valence-electron chi connectivity index (χ2n) is 11.0. The van der Waals surface area contributed by atoms with Crippen LogP contribution in [0.5, 0.6) is 11.5 Å². The summed E-state index contributed by atoms with van der Waals surface area (Å²) in [5.74, 6) is 0.850. The van der Waals surface area contributed by atoms with Crippen molar-refractivity contribution in [1.29, 1.82) is 0 Å². The fourth-order valence-electron chi connectivity index (χ4n) is 4.91. The molecule has 0 saturated heterocycles. The Kier molecular flexibility index (Phi) is 8.04. The molecular weight excluding hydrogens is 545 g/mol. The molecule has 0 spiro atoms. The standard InChI is InChI=1S/C33H34FN7O2/c1-40(2)10-12-42-24-15-21(14-23(34)17-24)26-6-5-7-29-27(26)18-31(36-29)33-32-30(38-39-33)9-8-28(37-32)22-16-25(20-35-19-22)43-13-11-41(3)4/h5-9,14-20,36H,10-13H2,1-4H3,(H,38,39). The second-order valence-corrected chi connectivity index (χ2v) is 11.0. The Balaban J connectivity index is 1.33. The number of benzene rings is 2. The molecule has 2 aromatic carbocycles. The minimum absolute atomic E-state index is 0.346. The molecule has 4 aromatic heterocycles. The number of rotatable bonds is 11. The number of aromatic nitrogens is 5. The average molecular weight is 580 g/mol. The lowest BCUT2D eigenvalue weighted by Gasteiger charge is -2.12. The number of aromatic amines is 2. The molecule has 0 atom stereocenters. The van der Waals surface area contributed by atoms with Gasteiger partial charge in [0.25, 0.3) is 0 Å². The van der Waals surface area contributed by atoms with Crippen LogP contribution >= 0.6 is 0 Å². The zero-order chi connectivity index (χ0) is 29.9. The van der Waals surface area contributed by atoms with Gasteiger partial charge in [-0.2, -0.15) is 5.10 Å². The van der Waals surface area contributed by atoms with Gasteiger partial charge in [-0.15, -0.1) is 0 Å². The number of hydrogen-bond acceptors (Lipinski definition) is 7. The molecule has 43 heavy (non-hydrogen) atoms. The lowest BCUT2D eigenvalue weighted by atomic mass is 10.0. The monoisotopic (exact) mass is 579 g/mol. The van der Waals surface area contributed by atoms with Crippen molar-refractivity contribution in [1.82, 2.24) is 34.9 Å². The number of fused-ring (bicyclic) bond motifs is 2.